The maximum atomic E-state index is 5.39. The molecule has 16 heavy (non-hydrogen) atoms. The Labute approximate surface area is 98.2 Å². The lowest BCUT2D eigenvalue weighted by molar-refractivity contribution is 0.324. The van der Waals surface area contributed by atoms with E-state index in [2.05, 4.69) is 30.2 Å². The van der Waals surface area contributed by atoms with Crippen molar-refractivity contribution in [1.82, 2.24) is 10.3 Å². The Balaban J connectivity index is 2.68. The van der Waals surface area contributed by atoms with Gasteiger partial charge in [-0.05, 0) is 26.0 Å². The highest BCUT2D eigenvalue weighted by Crippen LogP contribution is 2.12. The van der Waals surface area contributed by atoms with Crippen LogP contribution in [0, 0.1) is 5.92 Å². The molecule has 1 heterocycles. The first kappa shape index (κ1) is 13.0. The van der Waals surface area contributed by atoms with E-state index in [1.165, 1.54) is 0 Å². The minimum absolute atomic E-state index is 0.462. The molecule has 0 radical (unpaired) electrons. The molecule has 0 aliphatic carbocycles. The molecular formula is C13H22N2O. The van der Waals surface area contributed by atoms with Gasteiger partial charge >= 0.3 is 0 Å². The number of pyridine rings is 1. The van der Waals surface area contributed by atoms with Crippen LogP contribution in [-0.2, 0) is 6.42 Å². The molecule has 0 aliphatic rings. The topological polar surface area (TPSA) is 34.1 Å². The Kier molecular flexibility index (Phi) is 5.26. The van der Waals surface area contributed by atoms with Gasteiger partial charge in [-0.25, -0.2) is 4.98 Å². The summed E-state index contributed by atoms with van der Waals surface area (Å²) in [7, 11) is 2.00. The lowest BCUT2D eigenvalue weighted by atomic mass is 9.99. The lowest BCUT2D eigenvalue weighted by Gasteiger charge is -2.19. The summed E-state index contributed by atoms with van der Waals surface area (Å²) in [6.45, 7) is 7.07. The van der Waals surface area contributed by atoms with E-state index in [1.807, 2.05) is 26.1 Å². The van der Waals surface area contributed by atoms with Crippen molar-refractivity contribution in [3.05, 3.63) is 23.9 Å². The van der Waals surface area contributed by atoms with E-state index in [-0.39, 0.29) is 0 Å². The highest BCUT2D eigenvalue weighted by atomic mass is 16.5. The monoisotopic (exact) mass is 222 g/mol. The van der Waals surface area contributed by atoms with Gasteiger partial charge in [-0.1, -0.05) is 19.9 Å². The third kappa shape index (κ3) is 3.81. The highest BCUT2D eigenvalue weighted by Gasteiger charge is 2.12. The lowest BCUT2D eigenvalue weighted by Crippen LogP contribution is -2.33. The van der Waals surface area contributed by atoms with Gasteiger partial charge in [0.05, 0.1) is 6.61 Å². The number of rotatable bonds is 6. The molecule has 0 bridgehead atoms. The third-order valence-electron chi connectivity index (χ3n) is 2.68. The zero-order valence-electron chi connectivity index (χ0n) is 10.7. The number of nitrogens with zero attached hydrogens (tertiary/aromatic N) is 1. The summed E-state index contributed by atoms with van der Waals surface area (Å²) in [6.07, 6.45) is 0.940. The molecule has 3 heteroatoms. The van der Waals surface area contributed by atoms with Crippen LogP contribution in [0.1, 0.15) is 26.5 Å². The molecule has 1 atom stereocenters. The summed E-state index contributed by atoms with van der Waals surface area (Å²) in [6, 6.07) is 6.41. The molecule has 90 valence electrons. The highest BCUT2D eigenvalue weighted by molar-refractivity contribution is 5.16. The van der Waals surface area contributed by atoms with Crippen molar-refractivity contribution in [3.8, 4) is 5.88 Å². The van der Waals surface area contributed by atoms with Crippen LogP contribution in [0.15, 0.2) is 18.2 Å². The summed E-state index contributed by atoms with van der Waals surface area (Å²) in [4.78, 5) is 4.47. The fourth-order valence-electron chi connectivity index (χ4n) is 1.70. The van der Waals surface area contributed by atoms with E-state index in [4.69, 9.17) is 4.74 Å². The van der Waals surface area contributed by atoms with E-state index in [0.29, 0.717) is 18.6 Å². The van der Waals surface area contributed by atoms with Gasteiger partial charge in [0.1, 0.15) is 0 Å². The van der Waals surface area contributed by atoms with Crippen molar-refractivity contribution >= 4 is 0 Å². The number of ether oxygens (including phenoxy) is 1. The summed E-state index contributed by atoms with van der Waals surface area (Å²) in [5, 5.41) is 3.32. The summed E-state index contributed by atoms with van der Waals surface area (Å²) < 4.78 is 5.39. The Hall–Kier alpha value is -1.09. The van der Waals surface area contributed by atoms with Gasteiger partial charge in [0.25, 0.3) is 0 Å². The van der Waals surface area contributed by atoms with Crippen molar-refractivity contribution < 1.29 is 4.74 Å². The minimum Gasteiger partial charge on any atom is -0.478 e. The minimum atomic E-state index is 0.462. The molecule has 1 N–H and O–H groups in total. The first-order chi connectivity index (χ1) is 7.67. The van der Waals surface area contributed by atoms with Crippen molar-refractivity contribution in [3.63, 3.8) is 0 Å². The summed E-state index contributed by atoms with van der Waals surface area (Å²) in [5.41, 5.74) is 1.08. The zero-order valence-corrected chi connectivity index (χ0v) is 10.7. The van der Waals surface area contributed by atoms with Crippen molar-refractivity contribution in [2.45, 2.75) is 33.2 Å². The van der Waals surface area contributed by atoms with E-state index in [9.17, 15) is 0 Å². The fourth-order valence-corrected chi connectivity index (χ4v) is 1.70. The number of nitrogens with one attached hydrogen (secondary N) is 1. The largest absolute Gasteiger partial charge is 0.478 e. The van der Waals surface area contributed by atoms with Gasteiger partial charge in [-0.3, -0.25) is 0 Å². The Morgan fingerprint density at radius 3 is 2.69 bits per heavy atom. The first-order valence-corrected chi connectivity index (χ1v) is 5.93. The van der Waals surface area contributed by atoms with Crippen LogP contribution in [0.5, 0.6) is 5.88 Å². The van der Waals surface area contributed by atoms with Crippen LogP contribution < -0.4 is 10.1 Å². The molecule has 0 fully saturated rings. The Morgan fingerprint density at radius 1 is 1.38 bits per heavy atom. The number of hydrogen-bond acceptors (Lipinski definition) is 3. The standard InChI is InChI=1S/C13H22N2O/c1-5-16-13-8-6-7-11(15-13)9-12(14-4)10(2)3/h6-8,10,12,14H,5,9H2,1-4H3. The third-order valence-corrected chi connectivity index (χ3v) is 2.68. The number of aromatic nitrogens is 1. The van der Waals surface area contributed by atoms with E-state index in [1.54, 1.807) is 0 Å². The molecule has 1 aromatic heterocycles. The Morgan fingerprint density at radius 2 is 2.12 bits per heavy atom. The molecule has 1 rings (SSSR count). The Bertz CT molecular complexity index is 313. The smallest absolute Gasteiger partial charge is 0.213 e. The van der Waals surface area contributed by atoms with Crippen LogP contribution in [0.25, 0.3) is 0 Å². The number of hydrogen-bond donors (Lipinski definition) is 1. The van der Waals surface area contributed by atoms with Crippen molar-refractivity contribution in [2.75, 3.05) is 13.7 Å². The van der Waals surface area contributed by atoms with Crippen LogP contribution in [0.4, 0.5) is 0 Å². The molecule has 0 amide bonds. The van der Waals surface area contributed by atoms with E-state index < -0.39 is 0 Å². The van der Waals surface area contributed by atoms with E-state index >= 15 is 0 Å². The maximum absolute atomic E-state index is 5.39. The van der Waals surface area contributed by atoms with E-state index in [0.717, 1.165) is 18.0 Å². The van der Waals surface area contributed by atoms with Gasteiger partial charge in [0.15, 0.2) is 0 Å². The van der Waals surface area contributed by atoms with Gasteiger partial charge in [-0.15, -0.1) is 0 Å². The van der Waals surface area contributed by atoms with Gasteiger partial charge in [-0.2, -0.15) is 0 Å². The first-order valence-electron chi connectivity index (χ1n) is 5.93. The molecule has 3 nitrogen and oxygen atoms in total. The average molecular weight is 222 g/mol. The molecule has 0 aliphatic heterocycles. The van der Waals surface area contributed by atoms with Gasteiger partial charge in [0.2, 0.25) is 5.88 Å². The summed E-state index contributed by atoms with van der Waals surface area (Å²) in [5.74, 6) is 1.32. The second kappa shape index (κ2) is 6.48. The molecule has 0 saturated heterocycles. The van der Waals surface area contributed by atoms with Crippen LogP contribution >= 0.6 is 0 Å². The fraction of sp³-hybridized carbons (Fsp3) is 0.615. The second-order valence-electron chi connectivity index (χ2n) is 4.24. The zero-order chi connectivity index (χ0) is 12.0. The maximum Gasteiger partial charge on any atom is 0.213 e. The van der Waals surface area contributed by atoms with Crippen LogP contribution in [0.3, 0.4) is 0 Å². The molecular weight excluding hydrogens is 200 g/mol. The van der Waals surface area contributed by atoms with Gasteiger partial charge < -0.3 is 10.1 Å². The molecule has 0 saturated carbocycles. The molecule has 1 unspecified atom stereocenters. The SMILES string of the molecule is CCOc1cccc(CC(NC)C(C)C)n1. The molecule has 0 spiro atoms. The molecule has 0 aromatic carbocycles. The summed E-state index contributed by atoms with van der Waals surface area (Å²) >= 11 is 0. The normalized spacial score (nSPS) is 12.8. The predicted molar refractivity (Wildman–Crippen MR) is 66.8 cm³/mol. The van der Waals surface area contributed by atoms with Crippen molar-refractivity contribution in [1.29, 1.82) is 0 Å². The van der Waals surface area contributed by atoms with Crippen LogP contribution in [0.2, 0.25) is 0 Å². The second-order valence-corrected chi connectivity index (χ2v) is 4.24. The van der Waals surface area contributed by atoms with Gasteiger partial charge in [0, 0.05) is 24.2 Å². The molecule has 1 aromatic rings. The average Bonchev–Trinajstić information content (AvgIpc) is 2.26. The number of likely N-dealkylation sites (N-methyl/N-ethyl adjacent to an activating group) is 1. The van der Waals surface area contributed by atoms with Crippen molar-refractivity contribution in [2.24, 2.45) is 5.92 Å². The van der Waals surface area contributed by atoms with Crippen LogP contribution in [-0.4, -0.2) is 24.7 Å². The quantitative estimate of drug-likeness (QED) is 0.801. The predicted octanol–water partition coefficient (Wildman–Crippen LogP) is 2.27.